The highest BCUT2D eigenvalue weighted by Gasteiger charge is 2.19. The van der Waals surface area contributed by atoms with Gasteiger partial charge in [0.15, 0.2) is 0 Å². The van der Waals surface area contributed by atoms with Crippen molar-refractivity contribution in [3.63, 3.8) is 0 Å². The van der Waals surface area contributed by atoms with Crippen LogP contribution < -0.4 is 10.1 Å². The zero-order valence-electron chi connectivity index (χ0n) is 12.2. The van der Waals surface area contributed by atoms with Gasteiger partial charge in [-0.3, -0.25) is 0 Å². The van der Waals surface area contributed by atoms with E-state index in [4.69, 9.17) is 9.15 Å². The van der Waals surface area contributed by atoms with Gasteiger partial charge in [-0.25, -0.2) is 0 Å². The summed E-state index contributed by atoms with van der Waals surface area (Å²) in [6, 6.07) is 0. The Morgan fingerprint density at radius 2 is 2.21 bits per heavy atom. The number of nitrogens with one attached hydrogen (secondary N) is 1. The maximum atomic E-state index is 5.78. The molecule has 0 unspecified atom stereocenters. The van der Waals surface area contributed by atoms with Crippen LogP contribution in [0.3, 0.4) is 0 Å². The number of hydrogen-bond acceptors (Lipinski definition) is 5. The molecule has 108 valence electrons. The minimum Gasteiger partial charge on any atom is -0.447 e. The summed E-state index contributed by atoms with van der Waals surface area (Å²) in [7, 11) is 2.14. The summed E-state index contributed by atoms with van der Waals surface area (Å²) in [5.41, 5.74) is 0.906. The zero-order chi connectivity index (χ0) is 13.7. The molecule has 0 aliphatic carbocycles. The molecule has 1 aliphatic rings. The fraction of sp³-hybridized carbons (Fsp3) is 0.786. The Bertz CT molecular complexity index is 371. The maximum absolute atomic E-state index is 5.78. The first-order valence-electron chi connectivity index (χ1n) is 7.14. The molecule has 0 aromatic carbocycles. The molecule has 1 aliphatic heterocycles. The van der Waals surface area contributed by atoms with Crippen LogP contribution in [0, 0.1) is 5.92 Å². The van der Waals surface area contributed by atoms with Crippen molar-refractivity contribution in [2.75, 3.05) is 26.7 Å². The van der Waals surface area contributed by atoms with Crippen LogP contribution in [0.5, 0.6) is 6.08 Å². The first-order valence-corrected chi connectivity index (χ1v) is 7.14. The van der Waals surface area contributed by atoms with Gasteiger partial charge in [-0.05, 0) is 32.4 Å². The predicted octanol–water partition coefficient (Wildman–Crippen LogP) is 1.89. The summed E-state index contributed by atoms with van der Waals surface area (Å²) in [4.78, 5) is 6.67. The van der Waals surface area contributed by atoms with Crippen molar-refractivity contribution in [1.82, 2.24) is 15.2 Å². The summed E-state index contributed by atoms with van der Waals surface area (Å²) < 4.78 is 11.1. The Labute approximate surface area is 115 Å². The topological polar surface area (TPSA) is 50.5 Å². The Balaban J connectivity index is 1.74. The van der Waals surface area contributed by atoms with Gasteiger partial charge in [0.05, 0.1) is 5.69 Å². The second-order valence-corrected chi connectivity index (χ2v) is 5.75. The zero-order valence-corrected chi connectivity index (χ0v) is 12.2. The molecule has 1 saturated heterocycles. The smallest absolute Gasteiger partial charge is 0.394 e. The van der Waals surface area contributed by atoms with E-state index in [1.165, 1.54) is 0 Å². The van der Waals surface area contributed by atoms with Crippen molar-refractivity contribution in [1.29, 1.82) is 0 Å². The van der Waals surface area contributed by atoms with Crippen molar-refractivity contribution < 1.29 is 9.15 Å². The monoisotopic (exact) mass is 267 g/mol. The van der Waals surface area contributed by atoms with Crippen LogP contribution in [-0.4, -0.2) is 42.7 Å². The second-order valence-electron chi connectivity index (χ2n) is 5.75. The molecule has 1 N–H and O–H groups in total. The highest BCUT2D eigenvalue weighted by molar-refractivity contribution is 5.00. The number of ether oxygens (including phenoxy) is 1. The van der Waals surface area contributed by atoms with Crippen LogP contribution in [0.25, 0.3) is 0 Å². The maximum Gasteiger partial charge on any atom is 0.394 e. The minimum atomic E-state index is 0.242. The molecule has 0 spiro atoms. The third kappa shape index (κ3) is 4.84. The lowest BCUT2D eigenvalue weighted by molar-refractivity contribution is 0.0847. The molecule has 2 heterocycles. The molecule has 19 heavy (non-hydrogen) atoms. The normalized spacial score (nSPS) is 18.1. The average Bonchev–Trinajstić information content (AvgIpc) is 2.79. The molecule has 1 aromatic heterocycles. The van der Waals surface area contributed by atoms with Gasteiger partial charge in [-0.2, -0.15) is 4.98 Å². The molecule has 0 bridgehead atoms. The molecule has 0 saturated carbocycles. The van der Waals surface area contributed by atoms with Crippen LogP contribution in [0.2, 0.25) is 0 Å². The van der Waals surface area contributed by atoms with E-state index in [9.17, 15) is 0 Å². The number of oxazole rings is 1. The molecule has 1 fully saturated rings. The van der Waals surface area contributed by atoms with E-state index < -0.39 is 0 Å². The fourth-order valence-electron chi connectivity index (χ4n) is 2.16. The van der Waals surface area contributed by atoms with E-state index in [-0.39, 0.29) is 6.10 Å². The van der Waals surface area contributed by atoms with Crippen LogP contribution in [0.15, 0.2) is 10.7 Å². The summed E-state index contributed by atoms with van der Waals surface area (Å²) in [5.74, 6) is 0.641. The first kappa shape index (κ1) is 14.3. The second kappa shape index (κ2) is 6.91. The number of aromatic nitrogens is 1. The first-order chi connectivity index (χ1) is 9.13. The summed E-state index contributed by atoms with van der Waals surface area (Å²) in [5, 5.41) is 3.34. The molecule has 0 radical (unpaired) electrons. The number of likely N-dealkylation sites (tertiary alicyclic amines) is 1. The van der Waals surface area contributed by atoms with Crippen molar-refractivity contribution >= 4 is 0 Å². The Kier molecular flexibility index (Phi) is 5.22. The van der Waals surface area contributed by atoms with Crippen LogP contribution >= 0.6 is 0 Å². The lowest BCUT2D eigenvalue weighted by Gasteiger charge is -2.27. The molecular weight excluding hydrogens is 242 g/mol. The van der Waals surface area contributed by atoms with Gasteiger partial charge in [0.25, 0.3) is 0 Å². The van der Waals surface area contributed by atoms with E-state index in [0.717, 1.165) is 44.7 Å². The van der Waals surface area contributed by atoms with E-state index in [0.29, 0.717) is 12.0 Å². The Hall–Kier alpha value is -1.07. The SMILES string of the molecule is CC(C)CNCc1coc(OC2CCN(C)CC2)n1. The van der Waals surface area contributed by atoms with E-state index in [2.05, 4.69) is 36.1 Å². The highest BCUT2D eigenvalue weighted by Crippen LogP contribution is 2.17. The van der Waals surface area contributed by atoms with Crippen molar-refractivity contribution in [3.05, 3.63) is 12.0 Å². The van der Waals surface area contributed by atoms with Gasteiger partial charge in [-0.1, -0.05) is 13.8 Å². The number of nitrogens with zero attached hydrogens (tertiary/aromatic N) is 2. The molecule has 0 amide bonds. The molecule has 1 aromatic rings. The van der Waals surface area contributed by atoms with E-state index in [1.54, 1.807) is 6.26 Å². The third-order valence-electron chi connectivity index (χ3n) is 3.32. The lowest BCUT2D eigenvalue weighted by atomic mass is 10.1. The lowest BCUT2D eigenvalue weighted by Crippen LogP contribution is -2.35. The predicted molar refractivity (Wildman–Crippen MR) is 74.2 cm³/mol. The van der Waals surface area contributed by atoms with Crippen molar-refractivity contribution in [2.45, 2.75) is 39.3 Å². The molecular formula is C14H25N3O2. The van der Waals surface area contributed by atoms with Crippen molar-refractivity contribution in [2.24, 2.45) is 5.92 Å². The van der Waals surface area contributed by atoms with Gasteiger partial charge < -0.3 is 19.4 Å². The van der Waals surface area contributed by atoms with Crippen molar-refractivity contribution in [3.8, 4) is 6.08 Å². The van der Waals surface area contributed by atoms with Crippen LogP contribution in [0.4, 0.5) is 0 Å². The molecule has 5 heteroatoms. The summed E-state index contributed by atoms with van der Waals surface area (Å²) in [6.07, 6.45) is 4.42. The Morgan fingerprint density at radius 3 is 2.89 bits per heavy atom. The largest absolute Gasteiger partial charge is 0.447 e. The Morgan fingerprint density at radius 1 is 1.47 bits per heavy atom. The van der Waals surface area contributed by atoms with Gasteiger partial charge >= 0.3 is 6.08 Å². The van der Waals surface area contributed by atoms with E-state index in [1.807, 2.05) is 0 Å². The molecule has 5 nitrogen and oxygen atoms in total. The van der Waals surface area contributed by atoms with Gasteiger partial charge in [0, 0.05) is 19.6 Å². The molecule has 2 rings (SSSR count). The standard InChI is InChI=1S/C14H25N3O2/c1-11(2)8-15-9-12-10-18-14(16-12)19-13-4-6-17(3)7-5-13/h10-11,13,15H,4-9H2,1-3H3. The third-order valence-corrected chi connectivity index (χ3v) is 3.32. The highest BCUT2D eigenvalue weighted by atomic mass is 16.6. The van der Waals surface area contributed by atoms with E-state index >= 15 is 0 Å². The number of rotatable bonds is 6. The summed E-state index contributed by atoms with van der Waals surface area (Å²) >= 11 is 0. The molecule has 0 atom stereocenters. The van der Waals surface area contributed by atoms with Gasteiger partial charge in [-0.15, -0.1) is 0 Å². The van der Waals surface area contributed by atoms with Crippen LogP contribution in [-0.2, 0) is 6.54 Å². The number of hydrogen-bond donors (Lipinski definition) is 1. The van der Waals surface area contributed by atoms with Crippen LogP contribution in [0.1, 0.15) is 32.4 Å². The summed E-state index contributed by atoms with van der Waals surface area (Å²) in [6.45, 7) is 8.24. The van der Waals surface area contributed by atoms with Gasteiger partial charge in [0.1, 0.15) is 12.4 Å². The quantitative estimate of drug-likeness (QED) is 0.853. The minimum absolute atomic E-state index is 0.242. The number of piperidine rings is 1. The van der Waals surface area contributed by atoms with Gasteiger partial charge in [0.2, 0.25) is 0 Å². The fourth-order valence-corrected chi connectivity index (χ4v) is 2.16. The average molecular weight is 267 g/mol.